The molecule has 0 radical (unpaired) electrons. The molecule has 0 unspecified atom stereocenters. The number of anilines is 1. The van der Waals surface area contributed by atoms with Gasteiger partial charge in [0.1, 0.15) is 5.82 Å². The van der Waals surface area contributed by atoms with Crippen LogP contribution in [0.5, 0.6) is 0 Å². The molecule has 4 rings (SSSR count). The van der Waals surface area contributed by atoms with E-state index in [1.54, 1.807) is 12.1 Å². The average molecular weight is 362 g/mol. The Balaban J connectivity index is 1.80. The van der Waals surface area contributed by atoms with Crippen LogP contribution < -0.4 is 4.90 Å². The number of rotatable bonds is 2. The van der Waals surface area contributed by atoms with Gasteiger partial charge in [0.2, 0.25) is 0 Å². The topological polar surface area (TPSA) is 41.9 Å². The molecule has 1 aliphatic heterocycles. The van der Waals surface area contributed by atoms with Crippen LogP contribution in [0.3, 0.4) is 0 Å². The smallest absolute Gasteiger partial charge is 0.351 e. The van der Waals surface area contributed by atoms with Crippen LogP contribution in [0.4, 0.5) is 19.0 Å². The first kappa shape index (κ1) is 17.2. The first-order chi connectivity index (χ1) is 12.5. The van der Waals surface area contributed by atoms with Crippen LogP contribution in [0.25, 0.3) is 11.4 Å². The van der Waals surface area contributed by atoms with Crippen LogP contribution in [0.2, 0.25) is 0 Å². The van der Waals surface area contributed by atoms with Crippen LogP contribution in [0, 0.1) is 0 Å². The summed E-state index contributed by atoms with van der Waals surface area (Å²) >= 11 is 0. The maximum atomic E-state index is 13.5. The second-order valence-electron chi connectivity index (χ2n) is 7.21. The fourth-order valence-electron chi connectivity index (χ4n) is 4.37. The Labute approximate surface area is 150 Å². The highest BCUT2D eigenvalue weighted by atomic mass is 19.4. The maximum Gasteiger partial charge on any atom is 0.433 e. The zero-order valence-corrected chi connectivity index (χ0v) is 14.5. The number of aromatic nitrogens is 3. The van der Waals surface area contributed by atoms with Gasteiger partial charge in [-0.3, -0.25) is 4.98 Å². The lowest BCUT2D eigenvalue weighted by Gasteiger charge is -2.42. The van der Waals surface area contributed by atoms with Gasteiger partial charge in [-0.05, 0) is 37.8 Å². The molecule has 2 fully saturated rings. The zero-order valence-electron chi connectivity index (χ0n) is 14.5. The normalized spacial score (nSPS) is 19.9. The molecule has 7 heteroatoms. The molecule has 3 heterocycles. The molecule has 0 aromatic carbocycles. The van der Waals surface area contributed by atoms with Gasteiger partial charge < -0.3 is 4.90 Å². The number of alkyl halides is 3. The van der Waals surface area contributed by atoms with E-state index in [4.69, 9.17) is 0 Å². The standard InChI is InChI=1S/C19H21F3N4/c20-19(21,22)15-13-16(25-17(24-15)14-5-10-23-11-6-14)26-12-4-9-18(26)7-2-1-3-8-18/h5-6,10-11,13H,1-4,7-9,12H2. The predicted octanol–water partition coefficient (Wildman–Crippen LogP) is 4.86. The highest BCUT2D eigenvalue weighted by molar-refractivity contribution is 5.58. The van der Waals surface area contributed by atoms with E-state index in [1.165, 1.54) is 18.8 Å². The minimum atomic E-state index is -4.50. The number of hydrogen-bond acceptors (Lipinski definition) is 4. The Bertz CT molecular complexity index is 770. The number of pyridine rings is 1. The Kier molecular flexibility index (Phi) is 4.32. The third kappa shape index (κ3) is 3.15. The number of nitrogens with zero attached hydrogens (tertiary/aromatic N) is 4. The lowest BCUT2D eigenvalue weighted by Crippen LogP contribution is -2.46. The van der Waals surface area contributed by atoms with Gasteiger partial charge in [-0.15, -0.1) is 0 Å². The van der Waals surface area contributed by atoms with Crippen molar-refractivity contribution in [2.24, 2.45) is 0 Å². The molecule has 0 bridgehead atoms. The molecule has 4 nitrogen and oxygen atoms in total. The zero-order chi connectivity index (χ0) is 18.2. The van der Waals surface area contributed by atoms with E-state index in [1.807, 2.05) is 0 Å². The van der Waals surface area contributed by atoms with Gasteiger partial charge in [0, 0.05) is 36.1 Å². The summed E-state index contributed by atoms with van der Waals surface area (Å²) in [5.41, 5.74) is -0.373. The molecule has 1 saturated carbocycles. The summed E-state index contributed by atoms with van der Waals surface area (Å²) in [5.74, 6) is 0.508. The lowest BCUT2D eigenvalue weighted by atomic mass is 9.80. The first-order valence-corrected chi connectivity index (χ1v) is 9.12. The summed E-state index contributed by atoms with van der Waals surface area (Å²) in [7, 11) is 0. The van der Waals surface area contributed by atoms with Crippen LogP contribution in [-0.4, -0.2) is 27.0 Å². The van der Waals surface area contributed by atoms with Crippen molar-refractivity contribution in [1.82, 2.24) is 15.0 Å². The fourth-order valence-corrected chi connectivity index (χ4v) is 4.37. The van der Waals surface area contributed by atoms with Gasteiger partial charge in [0.05, 0.1) is 0 Å². The summed E-state index contributed by atoms with van der Waals surface area (Å²) < 4.78 is 40.4. The van der Waals surface area contributed by atoms with Crippen LogP contribution in [-0.2, 0) is 6.18 Å². The summed E-state index contributed by atoms with van der Waals surface area (Å²) in [4.78, 5) is 14.4. The molecule has 0 atom stereocenters. The Morgan fingerprint density at radius 2 is 1.62 bits per heavy atom. The highest BCUT2D eigenvalue weighted by Gasteiger charge is 2.43. The van der Waals surface area contributed by atoms with E-state index in [2.05, 4.69) is 19.9 Å². The maximum absolute atomic E-state index is 13.5. The van der Waals surface area contributed by atoms with Crippen molar-refractivity contribution in [2.75, 3.05) is 11.4 Å². The Morgan fingerprint density at radius 3 is 2.31 bits per heavy atom. The lowest BCUT2D eigenvalue weighted by molar-refractivity contribution is -0.141. The van der Waals surface area contributed by atoms with Crippen LogP contribution in [0.15, 0.2) is 30.6 Å². The molecule has 1 aliphatic carbocycles. The molecule has 1 spiro atoms. The van der Waals surface area contributed by atoms with Crippen molar-refractivity contribution in [3.63, 3.8) is 0 Å². The minimum absolute atomic E-state index is 0.0367. The molecule has 0 amide bonds. The van der Waals surface area contributed by atoms with Gasteiger partial charge in [0.25, 0.3) is 0 Å². The molecular weight excluding hydrogens is 341 g/mol. The molecule has 1 saturated heterocycles. The van der Waals surface area contributed by atoms with Gasteiger partial charge in [-0.2, -0.15) is 13.2 Å². The average Bonchev–Trinajstić information content (AvgIpc) is 3.04. The third-order valence-electron chi connectivity index (χ3n) is 5.60. The van der Waals surface area contributed by atoms with Crippen molar-refractivity contribution < 1.29 is 13.2 Å². The van der Waals surface area contributed by atoms with E-state index in [-0.39, 0.29) is 11.4 Å². The first-order valence-electron chi connectivity index (χ1n) is 9.12. The Morgan fingerprint density at radius 1 is 0.923 bits per heavy atom. The van der Waals surface area contributed by atoms with E-state index < -0.39 is 11.9 Å². The van der Waals surface area contributed by atoms with Gasteiger partial charge in [-0.1, -0.05) is 19.3 Å². The quantitative estimate of drug-likeness (QED) is 0.765. The number of halogens is 3. The molecule has 26 heavy (non-hydrogen) atoms. The molecule has 2 aromatic rings. The van der Waals surface area contributed by atoms with Crippen molar-refractivity contribution >= 4 is 5.82 Å². The predicted molar refractivity (Wildman–Crippen MR) is 92.7 cm³/mol. The molecule has 0 N–H and O–H groups in total. The molecular formula is C19H21F3N4. The summed E-state index contributed by atoms with van der Waals surface area (Å²) in [5, 5.41) is 0. The SMILES string of the molecule is FC(F)(F)c1cc(N2CCCC23CCCCC3)nc(-c2ccncc2)n1. The highest BCUT2D eigenvalue weighted by Crippen LogP contribution is 2.44. The third-order valence-corrected chi connectivity index (χ3v) is 5.60. The molecule has 2 aromatic heterocycles. The van der Waals surface area contributed by atoms with Crippen molar-refractivity contribution in [1.29, 1.82) is 0 Å². The van der Waals surface area contributed by atoms with Gasteiger partial charge in [0.15, 0.2) is 11.5 Å². The monoisotopic (exact) mass is 362 g/mol. The van der Waals surface area contributed by atoms with Crippen molar-refractivity contribution in [3.05, 3.63) is 36.3 Å². The van der Waals surface area contributed by atoms with Gasteiger partial charge >= 0.3 is 6.18 Å². The number of hydrogen-bond donors (Lipinski definition) is 0. The molecule has 138 valence electrons. The minimum Gasteiger partial charge on any atom is -0.351 e. The van der Waals surface area contributed by atoms with Crippen LogP contribution in [0.1, 0.15) is 50.6 Å². The van der Waals surface area contributed by atoms with E-state index >= 15 is 0 Å². The summed E-state index contributed by atoms with van der Waals surface area (Å²) in [6.45, 7) is 0.754. The van der Waals surface area contributed by atoms with Gasteiger partial charge in [-0.25, -0.2) is 9.97 Å². The largest absolute Gasteiger partial charge is 0.433 e. The summed E-state index contributed by atoms with van der Waals surface area (Å²) in [6, 6.07) is 4.39. The summed E-state index contributed by atoms with van der Waals surface area (Å²) in [6.07, 6.45) is 6.13. The second-order valence-corrected chi connectivity index (χ2v) is 7.21. The van der Waals surface area contributed by atoms with E-state index in [0.717, 1.165) is 51.1 Å². The second kappa shape index (κ2) is 6.52. The fraction of sp³-hybridized carbons (Fsp3) is 0.526. The van der Waals surface area contributed by atoms with E-state index in [9.17, 15) is 13.2 Å². The Hall–Kier alpha value is -2.18. The van der Waals surface area contributed by atoms with Crippen molar-refractivity contribution in [3.8, 4) is 11.4 Å². The van der Waals surface area contributed by atoms with Crippen LogP contribution >= 0.6 is 0 Å². The van der Waals surface area contributed by atoms with E-state index in [0.29, 0.717) is 11.4 Å². The van der Waals surface area contributed by atoms with Crippen molar-refractivity contribution in [2.45, 2.75) is 56.7 Å². The molecule has 2 aliphatic rings.